The number of hydrogen-bond donors (Lipinski definition) is 1. The van der Waals surface area contributed by atoms with E-state index in [-0.39, 0.29) is 6.79 Å². The fourth-order valence-corrected chi connectivity index (χ4v) is 2.94. The van der Waals surface area contributed by atoms with Gasteiger partial charge in [0.1, 0.15) is 5.65 Å². The molecule has 0 atom stereocenters. The van der Waals surface area contributed by atoms with Crippen LogP contribution in [0, 0.1) is 6.92 Å². The highest BCUT2D eigenvalue weighted by atomic mass is 16.7. The van der Waals surface area contributed by atoms with Gasteiger partial charge in [0, 0.05) is 11.8 Å². The Hall–Kier alpha value is -3.55. The molecular weight excluding hydrogens is 334 g/mol. The highest BCUT2D eigenvalue weighted by Gasteiger charge is 2.16. The van der Waals surface area contributed by atoms with Crippen LogP contribution >= 0.6 is 0 Å². The lowest BCUT2D eigenvalue weighted by molar-refractivity contribution is 0.174. The third-order valence-corrected chi connectivity index (χ3v) is 4.27. The number of rotatable bonds is 4. The number of benzene rings is 1. The lowest BCUT2D eigenvalue weighted by Crippen LogP contribution is -2.03. The lowest BCUT2D eigenvalue weighted by atomic mass is 10.2. The third-order valence-electron chi connectivity index (χ3n) is 4.27. The summed E-state index contributed by atoms with van der Waals surface area (Å²) in [6.07, 6.45) is 3.82. The van der Waals surface area contributed by atoms with E-state index in [1.807, 2.05) is 54.0 Å². The van der Waals surface area contributed by atoms with Gasteiger partial charge in [-0.1, -0.05) is 11.2 Å². The van der Waals surface area contributed by atoms with Gasteiger partial charge in [0.05, 0.1) is 18.4 Å². The number of anilines is 1. The molecule has 1 aliphatic rings. The zero-order chi connectivity index (χ0) is 17.5. The molecule has 0 unspecified atom stereocenters. The number of pyridine rings is 1. The zero-order valence-electron chi connectivity index (χ0n) is 14.0. The predicted octanol–water partition coefficient (Wildman–Crippen LogP) is 3.03. The minimum absolute atomic E-state index is 0.230. The second-order valence-electron chi connectivity index (χ2n) is 5.97. The summed E-state index contributed by atoms with van der Waals surface area (Å²) in [5.74, 6) is 1.81. The second-order valence-corrected chi connectivity index (χ2v) is 5.97. The summed E-state index contributed by atoms with van der Waals surface area (Å²) < 4.78 is 18.4. The van der Waals surface area contributed by atoms with Crippen molar-refractivity contribution in [3.8, 4) is 23.0 Å². The summed E-state index contributed by atoms with van der Waals surface area (Å²) in [7, 11) is 0. The number of imidazole rings is 1. The predicted molar refractivity (Wildman–Crippen MR) is 93.1 cm³/mol. The van der Waals surface area contributed by atoms with Gasteiger partial charge in [-0.15, -0.1) is 5.10 Å². The van der Waals surface area contributed by atoms with Gasteiger partial charge in [-0.05, 0) is 36.8 Å². The second kappa shape index (κ2) is 5.76. The molecule has 5 rings (SSSR count). The van der Waals surface area contributed by atoms with Gasteiger partial charge < -0.3 is 23.6 Å². The van der Waals surface area contributed by atoms with Gasteiger partial charge >= 0.3 is 6.01 Å². The summed E-state index contributed by atoms with van der Waals surface area (Å²) >= 11 is 0. The molecule has 8 nitrogen and oxygen atoms in total. The first kappa shape index (κ1) is 14.8. The molecule has 0 fully saturated rings. The number of hydrogen-bond acceptors (Lipinski definition) is 7. The number of nitrogens with one attached hydrogen (secondary N) is 1. The summed E-state index contributed by atoms with van der Waals surface area (Å²) in [5, 5.41) is 11.3. The molecule has 1 aromatic carbocycles. The van der Waals surface area contributed by atoms with Crippen molar-refractivity contribution in [2.24, 2.45) is 0 Å². The molecule has 1 N–H and O–H groups in total. The monoisotopic (exact) mass is 349 g/mol. The van der Waals surface area contributed by atoms with Crippen LogP contribution in [0.5, 0.6) is 11.5 Å². The first-order chi connectivity index (χ1) is 12.8. The van der Waals surface area contributed by atoms with E-state index in [2.05, 4.69) is 20.5 Å². The first-order valence-corrected chi connectivity index (χ1v) is 8.17. The van der Waals surface area contributed by atoms with Crippen molar-refractivity contribution in [1.82, 2.24) is 19.6 Å². The van der Waals surface area contributed by atoms with Crippen LogP contribution in [0.15, 0.2) is 47.1 Å². The molecule has 26 heavy (non-hydrogen) atoms. The molecule has 0 saturated carbocycles. The highest BCUT2D eigenvalue weighted by molar-refractivity contribution is 5.60. The normalized spacial score (nSPS) is 12.7. The van der Waals surface area contributed by atoms with Crippen LogP contribution < -0.4 is 14.8 Å². The average molecular weight is 349 g/mol. The molecule has 4 heterocycles. The maximum Gasteiger partial charge on any atom is 0.316 e. The van der Waals surface area contributed by atoms with Crippen molar-refractivity contribution in [1.29, 1.82) is 0 Å². The van der Waals surface area contributed by atoms with E-state index in [0.717, 1.165) is 28.2 Å². The molecule has 0 spiro atoms. The summed E-state index contributed by atoms with van der Waals surface area (Å²) in [6, 6.07) is 9.90. The molecule has 0 radical (unpaired) electrons. The van der Waals surface area contributed by atoms with Crippen LogP contribution in [0.1, 0.15) is 11.3 Å². The molecular formula is C18H15N5O3. The van der Waals surface area contributed by atoms with Gasteiger partial charge in [0.25, 0.3) is 0 Å². The maximum atomic E-state index is 5.70. The molecule has 4 aromatic rings. The number of nitrogens with zero attached hydrogens (tertiary/aromatic N) is 4. The van der Waals surface area contributed by atoms with E-state index < -0.39 is 0 Å². The molecule has 8 heteroatoms. The topological polar surface area (TPSA) is 86.7 Å². The minimum Gasteiger partial charge on any atom is -0.454 e. The summed E-state index contributed by atoms with van der Waals surface area (Å²) in [6.45, 7) is 2.79. The van der Waals surface area contributed by atoms with Crippen LogP contribution in [-0.2, 0) is 6.54 Å². The minimum atomic E-state index is 0.230. The van der Waals surface area contributed by atoms with Gasteiger partial charge in [-0.25, -0.2) is 4.98 Å². The van der Waals surface area contributed by atoms with Crippen LogP contribution in [-0.4, -0.2) is 26.4 Å². The largest absolute Gasteiger partial charge is 0.454 e. The Kier molecular flexibility index (Phi) is 3.27. The number of fused-ring (bicyclic) bond motifs is 2. The average Bonchev–Trinajstić information content (AvgIpc) is 3.39. The van der Waals surface area contributed by atoms with E-state index in [1.165, 1.54) is 0 Å². The van der Waals surface area contributed by atoms with Crippen LogP contribution in [0.25, 0.3) is 17.1 Å². The lowest BCUT2D eigenvalue weighted by Gasteiger charge is -2.03. The van der Waals surface area contributed by atoms with Crippen molar-refractivity contribution in [2.45, 2.75) is 13.5 Å². The SMILES string of the molecule is Cc1cccn2c(CNc3nnc(-c4ccc5c(c4)OCO5)o3)cnc12. The van der Waals surface area contributed by atoms with Gasteiger partial charge in [-0.3, -0.25) is 0 Å². The first-order valence-electron chi connectivity index (χ1n) is 8.17. The van der Waals surface area contributed by atoms with Gasteiger partial charge in [0.2, 0.25) is 12.7 Å². The maximum absolute atomic E-state index is 5.70. The number of aryl methyl sites for hydroxylation is 1. The molecule has 3 aromatic heterocycles. The quantitative estimate of drug-likeness (QED) is 0.606. The van der Waals surface area contributed by atoms with Crippen molar-refractivity contribution in [3.63, 3.8) is 0 Å². The third kappa shape index (κ3) is 2.43. The Morgan fingerprint density at radius 1 is 1.15 bits per heavy atom. The van der Waals surface area contributed by atoms with Crippen molar-refractivity contribution in [2.75, 3.05) is 12.1 Å². The Labute approximate surface area is 148 Å². The van der Waals surface area contributed by atoms with E-state index in [1.54, 1.807) is 0 Å². The van der Waals surface area contributed by atoms with E-state index in [4.69, 9.17) is 13.9 Å². The molecule has 0 bridgehead atoms. The van der Waals surface area contributed by atoms with Gasteiger partial charge in [0.15, 0.2) is 11.5 Å². The highest BCUT2D eigenvalue weighted by Crippen LogP contribution is 2.35. The summed E-state index contributed by atoms with van der Waals surface area (Å²) in [5.41, 5.74) is 3.85. The van der Waals surface area contributed by atoms with Crippen LogP contribution in [0.4, 0.5) is 6.01 Å². The number of ether oxygens (including phenoxy) is 2. The Bertz CT molecular complexity index is 1100. The molecule has 0 aliphatic carbocycles. The van der Waals surface area contributed by atoms with Crippen LogP contribution in [0.3, 0.4) is 0 Å². The van der Waals surface area contributed by atoms with Crippen molar-refractivity contribution < 1.29 is 13.9 Å². The van der Waals surface area contributed by atoms with E-state index in [9.17, 15) is 0 Å². The Balaban J connectivity index is 1.35. The smallest absolute Gasteiger partial charge is 0.316 e. The molecule has 1 aliphatic heterocycles. The van der Waals surface area contributed by atoms with Crippen LogP contribution in [0.2, 0.25) is 0 Å². The van der Waals surface area contributed by atoms with E-state index in [0.29, 0.717) is 24.2 Å². The van der Waals surface area contributed by atoms with Gasteiger partial charge in [-0.2, -0.15) is 0 Å². The van der Waals surface area contributed by atoms with E-state index >= 15 is 0 Å². The standard InChI is InChI=1S/C18H15N5O3/c1-11-3-2-6-23-13(8-19-16(11)23)9-20-18-22-21-17(26-18)12-4-5-14-15(7-12)25-10-24-14/h2-8H,9-10H2,1H3,(H,20,22). The zero-order valence-corrected chi connectivity index (χ0v) is 14.0. The fraction of sp³-hybridized carbons (Fsp3) is 0.167. The molecule has 0 saturated heterocycles. The summed E-state index contributed by atoms with van der Waals surface area (Å²) in [4.78, 5) is 4.45. The van der Waals surface area contributed by atoms with Crippen molar-refractivity contribution in [3.05, 3.63) is 54.0 Å². The molecule has 130 valence electrons. The fourth-order valence-electron chi connectivity index (χ4n) is 2.94. The Morgan fingerprint density at radius 3 is 3.04 bits per heavy atom. The number of aromatic nitrogens is 4. The molecule has 0 amide bonds. The van der Waals surface area contributed by atoms with Crippen molar-refractivity contribution >= 4 is 11.7 Å². The Morgan fingerprint density at radius 2 is 2.08 bits per heavy atom.